The number of hydrogen-bond donors (Lipinski definition) is 3. The zero-order valence-electron chi connectivity index (χ0n) is 48.4. The molecule has 3 N–H and O–H groups in total. The minimum atomic E-state index is -0.857. The monoisotopic (exact) mass is 1010 g/mol. The number of rotatable bonds is 60. The molecule has 0 bridgehead atoms. The summed E-state index contributed by atoms with van der Waals surface area (Å²) in [5.41, 5.74) is 0. The molecule has 0 spiro atoms. The molecule has 1 amide bonds. The zero-order chi connectivity index (χ0) is 52.2. The minimum Gasteiger partial charge on any atom is -0.466 e. The van der Waals surface area contributed by atoms with Gasteiger partial charge in [0.15, 0.2) is 0 Å². The summed E-state index contributed by atoms with van der Waals surface area (Å²) in [6.45, 7) is 4.87. The van der Waals surface area contributed by atoms with Gasteiger partial charge in [0.1, 0.15) is 0 Å². The fraction of sp³-hybridized carbons (Fsp3) is 0.879. The molecule has 0 rings (SSSR count). The van der Waals surface area contributed by atoms with Crippen LogP contribution in [0.25, 0.3) is 0 Å². The topological polar surface area (TPSA) is 95.9 Å². The van der Waals surface area contributed by atoms with Crippen LogP contribution in [0.4, 0.5) is 0 Å². The number of allylic oxidation sites excluding steroid dienone is 5. The van der Waals surface area contributed by atoms with Gasteiger partial charge in [0.05, 0.1) is 25.4 Å². The third-order valence-corrected chi connectivity index (χ3v) is 14.9. The van der Waals surface area contributed by atoms with Crippen LogP contribution in [0.5, 0.6) is 0 Å². The fourth-order valence-electron chi connectivity index (χ4n) is 9.96. The van der Waals surface area contributed by atoms with Crippen molar-refractivity contribution >= 4 is 11.9 Å². The van der Waals surface area contributed by atoms with E-state index in [4.69, 9.17) is 4.74 Å². The maximum Gasteiger partial charge on any atom is 0.305 e. The number of hydrogen-bond acceptors (Lipinski definition) is 5. The molecule has 72 heavy (non-hydrogen) atoms. The highest BCUT2D eigenvalue weighted by Crippen LogP contribution is 2.18. The maximum atomic E-state index is 12.5. The number of aliphatic hydroxyl groups is 2. The van der Waals surface area contributed by atoms with Crippen molar-refractivity contribution in [3.63, 3.8) is 0 Å². The summed E-state index contributed by atoms with van der Waals surface area (Å²) in [6.07, 6.45) is 77.5. The number of unbranched alkanes of at least 4 members (excludes halogenated alkanes) is 45. The van der Waals surface area contributed by atoms with Crippen LogP contribution in [-0.4, -0.2) is 47.4 Å². The quantitative estimate of drug-likeness (QED) is 0.0320. The highest BCUT2D eigenvalue weighted by Gasteiger charge is 2.18. The second-order valence-electron chi connectivity index (χ2n) is 22.1. The third kappa shape index (κ3) is 57.4. The Labute approximate surface area is 449 Å². The van der Waals surface area contributed by atoms with Crippen molar-refractivity contribution in [1.29, 1.82) is 0 Å². The van der Waals surface area contributed by atoms with Crippen molar-refractivity contribution in [2.24, 2.45) is 0 Å². The summed E-state index contributed by atoms with van der Waals surface area (Å²) in [7, 11) is 0. The second-order valence-corrected chi connectivity index (χ2v) is 22.1. The highest BCUT2D eigenvalue weighted by atomic mass is 16.5. The molecule has 0 heterocycles. The van der Waals surface area contributed by atoms with Crippen molar-refractivity contribution < 1.29 is 24.5 Å². The van der Waals surface area contributed by atoms with E-state index in [1.165, 1.54) is 257 Å². The van der Waals surface area contributed by atoms with Gasteiger partial charge in [-0.1, -0.05) is 307 Å². The Hall–Kier alpha value is -1.92. The molecule has 2 unspecified atom stereocenters. The number of amides is 1. The number of esters is 1. The summed E-state index contributed by atoms with van der Waals surface area (Å²) in [5.74, 6) is -0.0981. The van der Waals surface area contributed by atoms with Gasteiger partial charge in [0.2, 0.25) is 5.91 Å². The van der Waals surface area contributed by atoms with E-state index in [2.05, 4.69) is 43.5 Å². The Morgan fingerprint density at radius 1 is 0.389 bits per heavy atom. The van der Waals surface area contributed by atoms with Crippen molar-refractivity contribution in [3.8, 4) is 0 Å². The van der Waals surface area contributed by atoms with Gasteiger partial charge < -0.3 is 20.3 Å². The van der Waals surface area contributed by atoms with E-state index in [-0.39, 0.29) is 18.5 Å². The van der Waals surface area contributed by atoms with Crippen LogP contribution in [0.2, 0.25) is 0 Å². The third-order valence-electron chi connectivity index (χ3n) is 14.9. The van der Waals surface area contributed by atoms with E-state index >= 15 is 0 Å². The molecule has 0 fully saturated rings. The summed E-state index contributed by atoms with van der Waals surface area (Å²) < 4.78 is 5.48. The molecule has 6 heteroatoms. The van der Waals surface area contributed by atoms with E-state index < -0.39 is 12.1 Å². The van der Waals surface area contributed by atoms with Crippen molar-refractivity contribution in [2.45, 2.75) is 360 Å². The van der Waals surface area contributed by atoms with Crippen LogP contribution >= 0.6 is 0 Å². The summed E-state index contributed by atoms with van der Waals surface area (Å²) in [6, 6.07) is -0.642. The van der Waals surface area contributed by atoms with Gasteiger partial charge in [-0.2, -0.15) is 0 Å². The van der Waals surface area contributed by atoms with Crippen LogP contribution in [0.1, 0.15) is 348 Å². The molecule has 6 nitrogen and oxygen atoms in total. The summed E-state index contributed by atoms with van der Waals surface area (Å²) in [4.78, 5) is 24.6. The Morgan fingerprint density at radius 3 is 1.07 bits per heavy atom. The molecule has 0 saturated carbocycles. The van der Waals surface area contributed by atoms with Crippen molar-refractivity contribution in [3.05, 3.63) is 36.5 Å². The van der Waals surface area contributed by atoms with Gasteiger partial charge in [0.25, 0.3) is 0 Å². The normalized spacial score (nSPS) is 12.8. The van der Waals surface area contributed by atoms with Gasteiger partial charge in [-0.15, -0.1) is 0 Å². The Morgan fingerprint density at radius 2 is 0.694 bits per heavy atom. The molecule has 0 aromatic heterocycles. The van der Waals surface area contributed by atoms with Gasteiger partial charge in [0, 0.05) is 12.8 Å². The average molecular weight is 1010 g/mol. The standard InChI is InChI=1S/C66H125NO5/c1-3-5-7-9-11-13-15-17-19-21-23-24-25-26-27-28-29-30-32-34-38-42-46-50-54-58-64(69)63(62-68)67-65(70)59-55-51-47-43-39-36-37-41-45-49-53-57-61-72-66(71)60-56-52-48-44-40-35-33-31-22-20-18-16-14-12-10-8-6-4-2/h14,16,20,22,54,58,63-64,68-69H,3-13,15,17-19,21,23-53,55-57,59-62H2,1-2H3,(H,67,70)/b16-14-,22-20-,58-54+. The fourth-order valence-corrected chi connectivity index (χ4v) is 9.96. The summed E-state index contributed by atoms with van der Waals surface area (Å²) >= 11 is 0. The lowest BCUT2D eigenvalue weighted by atomic mass is 10.0. The number of carbonyl (C=O) groups is 2. The number of aliphatic hydroxyl groups excluding tert-OH is 2. The molecule has 0 saturated heterocycles. The Bertz CT molecular complexity index is 1170. The first-order valence-corrected chi connectivity index (χ1v) is 32.3. The molecule has 0 aliphatic carbocycles. The SMILES string of the molecule is CCCCCC/C=C\C/C=C\CCCCCCCCCC(=O)OCCCCCCCCCCCCCCC(=O)NC(CO)C(O)/C=C/CCCCCCCCCCCCCCCCCCCCCCCCC. The van der Waals surface area contributed by atoms with Gasteiger partial charge in [-0.3, -0.25) is 9.59 Å². The van der Waals surface area contributed by atoms with E-state index in [1.54, 1.807) is 6.08 Å². The van der Waals surface area contributed by atoms with Gasteiger partial charge in [-0.25, -0.2) is 0 Å². The maximum absolute atomic E-state index is 12.5. The molecule has 0 aliphatic heterocycles. The van der Waals surface area contributed by atoms with E-state index in [0.717, 1.165) is 64.2 Å². The Kier molecular flexibility index (Phi) is 60.0. The van der Waals surface area contributed by atoms with E-state index in [9.17, 15) is 19.8 Å². The molecule has 0 aliphatic rings. The van der Waals surface area contributed by atoms with Crippen LogP contribution in [-0.2, 0) is 14.3 Å². The largest absolute Gasteiger partial charge is 0.466 e. The molecular weight excluding hydrogens is 887 g/mol. The van der Waals surface area contributed by atoms with Crippen LogP contribution in [0, 0.1) is 0 Å². The number of ether oxygens (including phenoxy) is 1. The first-order chi connectivity index (χ1) is 35.5. The molecular formula is C66H125NO5. The van der Waals surface area contributed by atoms with E-state index in [0.29, 0.717) is 19.4 Å². The smallest absolute Gasteiger partial charge is 0.305 e. The zero-order valence-corrected chi connectivity index (χ0v) is 48.4. The minimum absolute atomic E-state index is 0.0173. The van der Waals surface area contributed by atoms with E-state index in [1.807, 2.05) is 6.08 Å². The second kappa shape index (κ2) is 61.6. The predicted octanol–water partition coefficient (Wildman–Crippen LogP) is 20.4. The predicted molar refractivity (Wildman–Crippen MR) is 315 cm³/mol. The molecule has 2 atom stereocenters. The van der Waals surface area contributed by atoms with Crippen LogP contribution in [0.15, 0.2) is 36.5 Å². The van der Waals surface area contributed by atoms with Crippen LogP contribution < -0.4 is 5.32 Å². The van der Waals surface area contributed by atoms with Crippen molar-refractivity contribution in [1.82, 2.24) is 5.32 Å². The average Bonchev–Trinajstić information content (AvgIpc) is 3.38. The summed E-state index contributed by atoms with van der Waals surface area (Å²) in [5, 5.41) is 23.2. The van der Waals surface area contributed by atoms with Crippen LogP contribution in [0.3, 0.4) is 0 Å². The first-order valence-electron chi connectivity index (χ1n) is 32.3. The molecule has 0 aromatic rings. The lowest BCUT2D eigenvalue weighted by molar-refractivity contribution is -0.143. The lowest BCUT2D eigenvalue weighted by Crippen LogP contribution is -2.45. The molecule has 424 valence electrons. The molecule has 0 radical (unpaired) electrons. The first kappa shape index (κ1) is 70.1. The number of carbonyl (C=O) groups excluding carboxylic acids is 2. The Balaban J connectivity index is 3.48. The molecule has 0 aromatic carbocycles. The highest BCUT2D eigenvalue weighted by molar-refractivity contribution is 5.76. The van der Waals surface area contributed by atoms with Gasteiger partial charge >= 0.3 is 5.97 Å². The lowest BCUT2D eigenvalue weighted by Gasteiger charge is -2.20. The number of nitrogens with one attached hydrogen (secondary N) is 1. The van der Waals surface area contributed by atoms with Crippen molar-refractivity contribution in [2.75, 3.05) is 13.2 Å². The van der Waals surface area contributed by atoms with Gasteiger partial charge in [-0.05, 0) is 64.2 Å².